The first kappa shape index (κ1) is 14.2. The molecule has 0 bridgehead atoms. The molecule has 1 atom stereocenters. The van der Waals surface area contributed by atoms with E-state index in [1.54, 1.807) is 17.4 Å². The van der Waals surface area contributed by atoms with Gasteiger partial charge >= 0.3 is 0 Å². The number of aryl methyl sites for hydroxylation is 1. The molecule has 0 radical (unpaired) electrons. The van der Waals surface area contributed by atoms with Gasteiger partial charge in [0, 0.05) is 18.0 Å². The molecule has 21 heavy (non-hydrogen) atoms. The molecular weight excluding hydrogens is 283 g/mol. The molecule has 0 fully saturated rings. The number of para-hydroxylation sites is 1. The van der Waals surface area contributed by atoms with Crippen molar-refractivity contribution in [1.82, 2.24) is 10.3 Å². The Morgan fingerprint density at radius 2 is 2.05 bits per heavy atom. The highest BCUT2D eigenvalue weighted by molar-refractivity contribution is 7.18. The fourth-order valence-corrected chi connectivity index (χ4v) is 3.48. The van der Waals surface area contributed by atoms with Gasteiger partial charge < -0.3 is 5.32 Å². The Bertz CT molecular complexity index is 733. The van der Waals surface area contributed by atoms with E-state index in [2.05, 4.69) is 16.4 Å². The molecular formula is C17H17FN2S. The van der Waals surface area contributed by atoms with Crippen molar-refractivity contribution in [1.29, 1.82) is 0 Å². The standard InChI is InChI=1S/C17H17FN2S/c1-11-7-8-12(13(18)9-11)15(19-2)10-17-20-14-5-3-4-6-16(14)21-17/h3-9,15,19H,10H2,1-2H3. The van der Waals surface area contributed by atoms with Gasteiger partial charge in [-0.25, -0.2) is 9.37 Å². The average molecular weight is 300 g/mol. The number of benzene rings is 2. The van der Waals surface area contributed by atoms with Crippen molar-refractivity contribution in [2.75, 3.05) is 7.05 Å². The van der Waals surface area contributed by atoms with Crippen LogP contribution in [0.4, 0.5) is 4.39 Å². The van der Waals surface area contributed by atoms with Gasteiger partial charge in [-0.15, -0.1) is 11.3 Å². The molecule has 2 aromatic carbocycles. The molecule has 1 heterocycles. The SMILES string of the molecule is CNC(Cc1nc2ccccc2s1)c1ccc(C)cc1F. The van der Waals surface area contributed by atoms with Crippen LogP contribution in [0, 0.1) is 12.7 Å². The second kappa shape index (κ2) is 5.92. The topological polar surface area (TPSA) is 24.9 Å². The van der Waals surface area contributed by atoms with Crippen molar-refractivity contribution in [3.05, 3.63) is 64.4 Å². The molecule has 0 aliphatic heterocycles. The van der Waals surface area contributed by atoms with Gasteiger partial charge in [-0.2, -0.15) is 0 Å². The summed E-state index contributed by atoms with van der Waals surface area (Å²) in [4.78, 5) is 4.63. The van der Waals surface area contributed by atoms with E-state index in [0.29, 0.717) is 12.0 Å². The lowest BCUT2D eigenvalue weighted by atomic mass is 10.0. The van der Waals surface area contributed by atoms with Crippen molar-refractivity contribution in [2.24, 2.45) is 0 Å². The number of fused-ring (bicyclic) bond motifs is 1. The van der Waals surface area contributed by atoms with Crippen molar-refractivity contribution < 1.29 is 4.39 Å². The van der Waals surface area contributed by atoms with Gasteiger partial charge in [-0.05, 0) is 37.7 Å². The number of aromatic nitrogens is 1. The summed E-state index contributed by atoms with van der Waals surface area (Å²) in [6, 6.07) is 13.4. The largest absolute Gasteiger partial charge is 0.313 e. The summed E-state index contributed by atoms with van der Waals surface area (Å²) >= 11 is 1.67. The first-order valence-electron chi connectivity index (χ1n) is 6.95. The molecule has 1 N–H and O–H groups in total. The van der Waals surface area contributed by atoms with Crippen LogP contribution in [0.5, 0.6) is 0 Å². The van der Waals surface area contributed by atoms with Crippen LogP contribution in [0.1, 0.15) is 22.2 Å². The Balaban J connectivity index is 1.90. The molecule has 4 heteroatoms. The Labute approximate surface area is 127 Å². The Hall–Kier alpha value is -1.78. The zero-order chi connectivity index (χ0) is 14.8. The number of halogens is 1. The summed E-state index contributed by atoms with van der Waals surface area (Å²) in [5.41, 5.74) is 2.64. The second-order valence-electron chi connectivity index (χ2n) is 5.15. The van der Waals surface area contributed by atoms with Crippen LogP contribution in [0.2, 0.25) is 0 Å². The summed E-state index contributed by atoms with van der Waals surface area (Å²) in [5, 5.41) is 4.22. The third-order valence-corrected chi connectivity index (χ3v) is 4.66. The van der Waals surface area contributed by atoms with Crippen molar-refractivity contribution in [3.63, 3.8) is 0 Å². The Kier molecular flexibility index (Phi) is 3.99. The van der Waals surface area contributed by atoms with E-state index in [-0.39, 0.29) is 11.9 Å². The quantitative estimate of drug-likeness (QED) is 0.779. The maximum atomic E-state index is 14.1. The number of nitrogens with zero attached hydrogens (tertiary/aromatic N) is 1. The minimum absolute atomic E-state index is 0.0637. The summed E-state index contributed by atoms with van der Waals surface area (Å²) < 4.78 is 15.3. The van der Waals surface area contributed by atoms with Crippen LogP contribution in [0.15, 0.2) is 42.5 Å². The molecule has 0 saturated carbocycles. The average Bonchev–Trinajstić information content (AvgIpc) is 2.87. The second-order valence-corrected chi connectivity index (χ2v) is 6.26. The molecule has 0 spiro atoms. The van der Waals surface area contributed by atoms with E-state index in [0.717, 1.165) is 16.1 Å². The molecule has 0 saturated heterocycles. The van der Waals surface area contributed by atoms with Gasteiger partial charge in [0.2, 0.25) is 0 Å². The highest BCUT2D eigenvalue weighted by Gasteiger charge is 2.16. The molecule has 2 nitrogen and oxygen atoms in total. The van der Waals surface area contributed by atoms with Crippen LogP contribution in [0.3, 0.4) is 0 Å². The normalized spacial score (nSPS) is 12.7. The van der Waals surface area contributed by atoms with Gasteiger partial charge in [0.25, 0.3) is 0 Å². The predicted molar refractivity (Wildman–Crippen MR) is 86.3 cm³/mol. The van der Waals surface area contributed by atoms with E-state index < -0.39 is 0 Å². The summed E-state index contributed by atoms with van der Waals surface area (Å²) in [5.74, 6) is -0.157. The van der Waals surface area contributed by atoms with Crippen LogP contribution < -0.4 is 5.32 Å². The third-order valence-electron chi connectivity index (χ3n) is 3.60. The summed E-state index contributed by atoms with van der Waals surface area (Å²) in [6.45, 7) is 1.90. The molecule has 0 amide bonds. The molecule has 3 rings (SSSR count). The third kappa shape index (κ3) is 2.96. The van der Waals surface area contributed by atoms with Gasteiger partial charge in [-0.1, -0.05) is 24.3 Å². The number of nitrogens with one attached hydrogen (secondary N) is 1. The van der Waals surface area contributed by atoms with Gasteiger partial charge in [0.05, 0.1) is 15.2 Å². The minimum Gasteiger partial charge on any atom is -0.313 e. The first-order chi connectivity index (χ1) is 10.2. The number of hydrogen-bond donors (Lipinski definition) is 1. The molecule has 3 aromatic rings. The van der Waals surface area contributed by atoms with Crippen molar-refractivity contribution in [2.45, 2.75) is 19.4 Å². The number of hydrogen-bond acceptors (Lipinski definition) is 3. The summed E-state index contributed by atoms with van der Waals surface area (Å²) in [7, 11) is 1.86. The number of rotatable bonds is 4. The molecule has 0 aliphatic carbocycles. The van der Waals surface area contributed by atoms with E-state index in [1.807, 2.05) is 44.3 Å². The first-order valence-corrected chi connectivity index (χ1v) is 7.77. The Morgan fingerprint density at radius 3 is 2.76 bits per heavy atom. The fourth-order valence-electron chi connectivity index (χ4n) is 2.46. The minimum atomic E-state index is -0.157. The number of likely N-dealkylation sites (N-methyl/N-ethyl adjacent to an activating group) is 1. The van der Waals surface area contributed by atoms with Crippen LogP contribution >= 0.6 is 11.3 Å². The Morgan fingerprint density at radius 1 is 1.24 bits per heavy atom. The smallest absolute Gasteiger partial charge is 0.128 e. The lowest BCUT2D eigenvalue weighted by molar-refractivity contribution is 0.533. The predicted octanol–water partition coefficient (Wildman–Crippen LogP) is 4.25. The van der Waals surface area contributed by atoms with E-state index >= 15 is 0 Å². The van der Waals surface area contributed by atoms with Gasteiger partial charge in [0.15, 0.2) is 0 Å². The van der Waals surface area contributed by atoms with Crippen molar-refractivity contribution in [3.8, 4) is 0 Å². The molecule has 0 aliphatic rings. The molecule has 108 valence electrons. The molecule has 1 aromatic heterocycles. The maximum Gasteiger partial charge on any atom is 0.128 e. The van der Waals surface area contributed by atoms with E-state index in [4.69, 9.17) is 0 Å². The lowest BCUT2D eigenvalue weighted by Gasteiger charge is -2.16. The van der Waals surface area contributed by atoms with E-state index in [9.17, 15) is 4.39 Å². The van der Waals surface area contributed by atoms with Gasteiger partial charge in [0.1, 0.15) is 5.82 Å². The fraction of sp³-hybridized carbons (Fsp3) is 0.235. The van der Waals surface area contributed by atoms with Crippen LogP contribution in [-0.2, 0) is 6.42 Å². The highest BCUT2D eigenvalue weighted by atomic mass is 32.1. The zero-order valence-corrected chi connectivity index (χ0v) is 12.9. The van der Waals surface area contributed by atoms with Crippen LogP contribution in [-0.4, -0.2) is 12.0 Å². The monoisotopic (exact) mass is 300 g/mol. The zero-order valence-electron chi connectivity index (χ0n) is 12.1. The van der Waals surface area contributed by atoms with Crippen molar-refractivity contribution >= 4 is 21.6 Å². The number of thiazole rings is 1. The lowest BCUT2D eigenvalue weighted by Crippen LogP contribution is -2.20. The van der Waals surface area contributed by atoms with Gasteiger partial charge in [-0.3, -0.25) is 0 Å². The van der Waals surface area contributed by atoms with E-state index in [1.165, 1.54) is 4.70 Å². The molecule has 1 unspecified atom stereocenters. The highest BCUT2D eigenvalue weighted by Crippen LogP contribution is 2.27. The summed E-state index contributed by atoms with van der Waals surface area (Å²) in [6.07, 6.45) is 0.690. The van der Waals surface area contributed by atoms with Crippen LogP contribution in [0.25, 0.3) is 10.2 Å². The maximum absolute atomic E-state index is 14.1.